The van der Waals surface area contributed by atoms with Crippen LogP contribution in [0.25, 0.3) is 0 Å². The summed E-state index contributed by atoms with van der Waals surface area (Å²) >= 11 is 5.96. The van der Waals surface area contributed by atoms with Crippen molar-refractivity contribution in [3.8, 4) is 0 Å². The van der Waals surface area contributed by atoms with E-state index in [1.165, 1.54) is 4.90 Å². The highest BCUT2D eigenvalue weighted by Crippen LogP contribution is 2.22. The summed E-state index contributed by atoms with van der Waals surface area (Å²) in [4.78, 5) is 27.7. The molecule has 192 valence electrons. The number of sulfonamides is 1. The summed E-state index contributed by atoms with van der Waals surface area (Å²) in [6.07, 6.45) is 2.79. The van der Waals surface area contributed by atoms with Gasteiger partial charge in [0.15, 0.2) is 11.6 Å². The van der Waals surface area contributed by atoms with Gasteiger partial charge in [0.05, 0.1) is 11.9 Å². The monoisotopic (exact) mass is 529 g/mol. The molecule has 35 heavy (non-hydrogen) atoms. The van der Waals surface area contributed by atoms with Crippen LogP contribution in [0.15, 0.2) is 42.5 Å². The van der Waals surface area contributed by atoms with Crippen molar-refractivity contribution >= 4 is 39.1 Å². The molecule has 0 saturated carbocycles. The fourth-order valence-electron chi connectivity index (χ4n) is 3.47. The highest BCUT2D eigenvalue weighted by Gasteiger charge is 2.31. The predicted molar refractivity (Wildman–Crippen MR) is 133 cm³/mol. The topological polar surface area (TPSA) is 86.8 Å². The van der Waals surface area contributed by atoms with E-state index in [9.17, 15) is 26.8 Å². The summed E-state index contributed by atoms with van der Waals surface area (Å²) in [6, 6.07) is 8.39. The number of amides is 2. The molecular weight excluding hydrogens is 500 g/mol. The van der Waals surface area contributed by atoms with Gasteiger partial charge in [0.25, 0.3) is 0 Å². The number of carbonyl (C=O) groups is 2. The molecule has 0 radical (unpaired) electrons. The smallest absolute Gasteiger partial charge is 0.244 e. The first-order valence-electron chi connectivity index (χ1n) is 11.2. The third kappa shape index (κ3) is 8.17. The molecule has 0 aliphatic heterocycles. The van der Waals surface area contributed by atoms with Gasteiger partial charge in [0.1, 0.15) is 12.6 Å². The first-order valence-corrected chi connectivity index (χ1v) is 13.4. The third-order valence-electron chi connectivity index (χ3n) is 5.35. The quantitative estimate of drug-likeness (QED) is 0.419. The Bertz CT molecular complexity index is 1130. The second-order valence-electron chi connectivity index (χ2n) is 8.08. The van der Waals surface area contributed by atoms with Crippen LogP contribution in [0.1, 0.15) is 38.7 Å². The van der Waals surface area contributed by atoms with Gasteiger partial charge in [-0.2, -0.15) is 0 Å². The molecule has 2 rings (SSSR count). The van der Waals surface area contributed by atoms with Crippen molar-refractivity contribution in [1.29, 1.82) is 0 Å². The second-order valence-corrected chi connectivity index (χ2v) is 10.4. The van der Waals surface area contributed by atoms with Crippen molar-refractivity contribution in [1.82, 2.24) is 10.2 Å². The molecule has 11 heteroatoms. The van der Waals surface area contributed by atoms with E-state index in [1.807, 2.05) is 6.92 Å². The lowest BCUT2D eigenvalue weighted by Crippen LogP contribution is -2.52. The van der Waals surface area contributed by atoms with Crippen LogP contribution < -0.4 is 9.62 Å². The van der Waals surface area contributed by atoms with Gasteiger partial charge in [-0.25, -0.2) is 17.2 Å². The molecule has 0 aliphatic carbocycles. The van der Waals surface area contributed by atoms with Crippen molar-refractivity contribution < 1.29 is 26.8 Å². The van der Waals surface area contributed by atoms with Gasteiger partial charge in [0.2, 0.25) is 21.8 Å². The van der Waals surface area contributed by atoms with E-state index in [0.29, 0.717) is 27.5 Å². The van der Waals surface area contributed by atoms with E-state index in [0.717, 1.165) is 31.2 Å². The zero-order valence-corrected chi connectivity index (χ0v) is 21.5. The van der Waals surface area contributed by atoms with Crippen LogP contribution in [0.2, 0.25) is 5.02 Å². The summed E-state index contributed by atoms with van der Waals surface area (Å²) in [7, 11) is -4.05. The number of anilines is 1. The molecule has 1 N–H and O–H groups in total. The molecule has 1 unspecified atom stereocenters. The molecule has 0 spiro atoms. The lowest BCUT2D eigenvalue weighted by atomic mass is 10.1. The van der Waals surface area contributed by atoms with E-state index >= 15 is 0 Å². The molecule has 2 aromatic carbocycles. The van der Waals surface area contributed by atoms with Crippen LogP contribution in [0.4, 0.5) is 14.5 Å². The second kappa shape index (κ2) is 12.8. The van der Waals surface area contributed by atoms with Gasteiger partial charge in [-0.1, -0.05) is 44.0 Å². The fraction of sp³-hybridized carbons (Fsp3) is 0.417. The Morgan fingerprint density at radius 3 is 2.26 bits per heavy atom. The average Bonchev–Trinajstić information content (AvgIpc) is 2.80. The largest absolute Gasteiger partial charge is 0.354 e. The number of hydrogen-bond acceptors (Lipinski definition) is 4. The fourth-order valence-corrected chi connectivity index (χ4v) is 4.43. The molecule has 7 nitrogen and oxygen atoms in total. The van der Waals surface area contributed by atoms with Gasteiger partial charge < -0.3 is 10.2 Å². The van der Waals surface area contributed by atoms with Crippen molar-refractivity contribution in [2.75, 3.05) is 23.7 Å². The summed E-state index contributed by atoms with van der Waals surface area (Å²) in [6.45, 7) is 3.49. The number of unbranched alkanes of at least 4 members (excludes halogenated alkanes) is 1. The van der Waals surface area contributed by atoms with E-state index in [-0.39, 0.29) is 24.6 Å². The Labute approximate surface area is 210 Å². The molecule has 0 bridgehead atoms. The van der Waals surface area contributed by atoms with Crippen LogP contribution >= 0.6 is 11.6 Å². The lowest BCUT2D eigenvalue weighted by Gasteiger charge is -2.33. The third-order valence-corrected chi connectivity index (χ3v) is 6.74. The van der Waals surface area contributed by atoms with Crippen LogP contribution in [0.5, 0.6) is 0 Å². The van der Waals surface area contributed by atoms with Crippen LogP contribution in [-0.4, -0.2) is 50.5 Å². The van der Waals surface area contributed by atoms with Crippen LogP contribution in [0.3, 0.4) is 0 Å². The Balaban J connectivity index is 2.41. The maximum atomic E-state index is 13.8. The average molecular weight is 530 g/mol. The maximum absolute atomic E-state index is 13.8. The van der Waals surface area contributed by atoms with Crippen LogP contribution in [0, 0.1) is 11.6 Å². The number of nitrogens with one attached hydrogen (secondary N) is 1. The van der Waals surface area contributed by atoms with Gasteiger partial charge in [-0.05, 0) is 42.7 Å². The number of nitrogens with zero attached hydrogens (tertiary/aromatic N) is 2. The Morgan fingerprint density at radius 2 is 1.71 bits per heavy atom. The summed E-state index contributed by atoms with van der Waals surface area (Å²) in [5.41, 5.74) is 0.480. The van der Waals surface area contributed by atoms with E-state index < -0.39 is 40.2 Å². The first-order chi connectivity index (χ1) is 16.5. The summed E-state index contributed by atoms with van der Waals surface area (Å²) in [5, 5.41) is 3.31. The van der Waals surface area contributed by atoms with Gasteiger partial charge >= 0.3 is 0 Å². The number of benzene rings is 2. The zero-order chi connectivity index (χ0) is 26.2. The maximum Gasteiger partial charge on any atom is 0.244 e. The Kier molecular flexibility index (Phi) is 10.5. The highest BCUT2D eigenvalue weighted by atomic mass is 35.5. The minimum Gasteiger partial charge on any atom is -0.354 e. The molecule has 0 saturated heterocycles. The Morgan fingerprint density at radius 1 is 1.06 bits per heavy atom. The van der Waals surface area contributed by atoms with Crippen molar-refractivity contribution in [3.63, 3.8) is 0 Å². The Hall–Kier alpha value is -2.72. The summed E-state index contributed by atoms with van der Waals surface area (Å²) in [5.74, 6) is -3.43. The standard InChI is InChI=1S/C24H30ClF2N3O4S/c1-4-6-13-28-24(32)22(5-2)29(15-17-7-9-18(25)10-8-17)23(31)16-30(35(3,33)34)19-11-12-20(26)21(27)14-19/h7-12,14,22H,4-6,13,15-16H2,1-3H3,(H,28,32). The number of rotatable bonds is 12. The minimum atomic E-state index is -4.05. The minimum absolute atomic E-state index is 0.0189. The molecule has 0 fully saturated rings. The predicted octanol–water partition coefficient (Wildman–Crippen LogP) is 4.11. The first kappa shape index (κ1) is 28.5. The summed E-state index contributed by atoms with van der Waals surface area (Å²) < 4.78 is 52.9. The van der Waals surface area contributed by atoms with Crippen molar-refractivity contribution in [2.45, 2.75) is 45.7 Å². The molecule has 2 amide bonds. The van der Waals surface area contributed by atoms with Gasteiger partial charge in [-0.15, -0.1) is 0 Å². The molecular formula is C24H30ClF2N3O4S. The zero-order valence-electron chi connectivity index (χ0n) is 19.9. The van der Waals surface area contributed by atoms with Gasteiger partial charge in [0, 0.05) is 24.2 Å². The van der Waals surface area contributed by atoms with E-state index in [2.05, 4.69) is 5.32 Å². The van der Waals surface area contributed by atoms with E-state index in [1.54, 1.807) is 31.2 Å². The molecule has 1 atom stereocenters. The number of carbonyl (C=O) groups excluding carboxylic acids is 2. The number of halogens is 3. The van der Waals surface area contributed by atoms with E-state index in [4.69, 9.17) is 11.6 Å². The molecule has 0 aliphatic rings. The van der Waals surface area contributed by atoms with Crippen molar-refractivity contribution in [2.24, 2.45) is 0 Å². The van der Waals surface area contributed by atoms with Crippen molar-refractivity contribution in [3.05, 3.63) is 64.7 Å². The molecule has 0 heterocycles. The van der Waals surface area contributed by atoms with Crippen LogP contribution in [-0.2, 0) is 26.2 Å². The molecule has 2 aromatic rings. The SMILES string of the molecule is CCCCNC(=O)C(CC)N(Cc1ccc(Cl)cc1)C(=O)CN(c1ccc(F)c(F)c1)S(C)(=O)=O. The number of hydrogen-bond donors (Lipinski definition) is 1. The highest BCUT2D eigenvalue weighted by molar-refractivity contribution is 7.92. The normalized spacial score (nSPS) is 12.2. The lowest BCUT2D eigenvalue weighted by molar-refractivity contribution is -0.140. The van der Waals surface area contributed by atoms with Gasteiger partial charge in [-0.3, -0.25) is 13.9 Å². The molecule has 0 aromatic heterocycles.